The maximum absolute atomic E-state index is 10.2. The van der Waals surface area contributed by atoms with Gasteiger partial charge in [0, 0.05) is 47.4 Å². The van der Waals surface area contributed by atoms with Crippen LogP contribution in [0.25, 0.3) is 10.8 Å². The third kappa shape index (κ3) is 4.73. The Morgan fingerprint density at radius 2 is 1.13 bits per heavy atom. The Kier molecular flexibility index (Phi) is 6.99. The fraction of sp³-hybridized carbons (Fsp3) is 0.0769. The fourth-order valence-corrected chi connectivity index (χ4v) is 3.48. The van der Waals surface area contributed by atoms with E-state index < -0.39 is 0 Å². The van der Waals surface area contributed by atoms with E-state index in [2.05, 4.69) is 0 Å². The maximum atomic E-state index is 10.2. The number of fused-ring (bicyclic) bond motifs is 1. The molecule has 0 spiro atoms. The SMILES string of the molecule is CC(=Nc1ccc2ccccc2c1N=C(C)c1ccccc1O)c1ccccc1O.[Zn]. The number of benzene rings is 4. The number of hydrogen-bond acceptors (Lipinski definition) is 4. The molecule has 0 atom stereocenters. The summed E-state index contributed by atoms with van der Waals surface area (Å²) >= 11 is 0. The van der Waals surface area contributed by atoms with Crippen molar-refractivity contribution in [3.63, 3.8) is 0 Å². The molecule has 0 aliphatic carbocycles. The molecule has 0 bridgehead atoms. The Balaban J connectivity index is 0.00000272. The van der Waals surface area contributed by atoms with Crippen LogP contribution in [0.5, 0.6) is 11.5 Å². The van der Waals surface area contributed by atoms with E-state index in [0.29, 0.717) is 28.2 Å². The topological polar surface area (TPSA) is 65.2 Å². The molecular weight excluding hydrogens is 438 g/mol. The molecule has 0 unspecified atom stereocenters. The minimum atomic E-state index is 0. The fourth-order valence-electron chi connectivity index (χ4n) is 3.48. The molecular formula is C26H22N2O2Zn. The van der Waals surface area contributed by atoms with Gasteiger partial charge in [-0.2, -0.15) is 0 Å². The van der Waals surface area contributed by atoms with Crippen molar-refractivity contribution in [1.82, 2.24) is 0 Å². The zero-order valence-corrected chi connectivity index (χ0v) is 20.5. The predicted octanol–water partition coefficient (Wildman–Crippen LogP) is 6.53. The van der Waals surface area contributed by atoms with Crippen molar-refractivity contribution in [3.05, 3.63) is 96.1 Å². The standard InChI is InChI=1S/C26H22N2O2.Zn/c1-17(20-10-5-7-13-24(20)29)27-23-16-15-19-9-3-4-12-22(19)26(23)28-18(2)21-11-6-8-14-25(21)30;/h3-16,29-30H,1-2H3;. The van der Waals surface area contributed by atoms with E-state index in [9.17, 15) is 10.2 Å². The number of hydrogen-bond donors (Lipinski definition) is 2. The maximum Gasteiger partial charge on any atom is 0.124 e. The van der Waals surface area contributed by atoms with Gasteiger partial charge in [0.1, 0.15) is 11.5 Å². The van der Waals surface area contributed by atoms with Crippen LogP contribution in [-0.2, 0) is 19.5 Å². The van der Waals surface area contributed by atoms with Gasteiger partial charge < -0.3 is 10.2 Å². The van der Waals surface area contributed by atoms with Gasteiger partial charge in [-0.15, -0.1) is 0 Å². The summed E-state index contributed by atoms with van der Waals surface area (Å²) in [7, 11) is 0. The molecule has 5 heteroatoms. The Labute approximate surface area is 194 Å². The molecule has 4 nitrogen and oxygen atoms in total. The Bertz CT molecular complexity index is 1300. The molecule has 0 fully saturated rings. The number of nitrogens with zero attached hydrogens (tertiary/aromatic N) is 2. The Morgan fingerprint density at radius 3 is 1.74 bits per heavy atom. The summed E-state index contributed by atoms with van der Waals surface area (Å²) in [6.07, 6.45) is 0. The molecule has 0 aliphatic heterocycles. The molecule has 0 saturated heterocycles. The van der Waals surface area contributed by atoms with Crippen LogP contribution in [0, 0.1) is 0 Å². The quantitative estimate of drug-likeness (QED) is 0.269. The van der Waals surface area contributed by atoms with E-state index in [1.807, 2.05) is 74.5 Å². The summed E-state index contributed by atoms with van der Waals surface area (Å²) in [5.74, 6) is 0.379. The average molecular weight is 460 g/mol. The summed E-state index contributed by atoms with van der Waals surface area (Å²) in [6.45, 7) is 3.74. The molecule has 4 aromatic carbocycles. The predicted molar refractivity (Wildman–Crippen MR) is 124 cm³/mol. The molecule has 0 heterocycles. The van der Waals surface area contributed by atoms with Crippen LogP contribution in [0.3, 0.4) is 0 Å². The smallest absolute Gasteiger partial charge is 0.124 e. The van der Waals surface area contributed by atoms with Gasteiger partial charge in [-0.1, -0.05) is 54.6 Å². The van der Waals surface area contributed by atoms with Gasteiger partial charge in [-0.25, -0.2) is 0 Å². The van der Waals surface area contributed by atoms with Gasteiger partial charge in [-0.05, 0) is 49.6 Å². The number of phenolic OH excluding ortho intramolecular Hbond substituents is 2. The van der Waals surface area contributed by atoms with Crippen molar-refractivity contribution in [1.29, 1.82) is 0 Å². The second-order valence-electron chi connectivity index (χ2n) is 7.08. The van der Waals surface area contributed by atoms with E-state index in [1.165, 1.54) is 0 Å². The Morgan fingerprint density at radius 1 is 0.613 bits per heavy atom. The number of rotatable bonds is 4. The molecule has 4 aromatic rings. The zero-order valence-electron chi connectivity index (χ0n) is 17.6. The van der Waals surface area contributed by atoms with Crippen molar-refractivity contribution in [2.45, 2.75) is 13.8 Å². The van der Waals surface area contributed by atoms with Crippen LogP contribution in [0.1, 0.15) is 25.0 Å². The number of para-hydroxylation sites is 2. The molecule has 31 heavy (non-hydrogen) atoms. The molecule has 150 valence electrons. The van der Waals surface area contributed by atoms with Crippen molar-refractivity contribution >= 4 is 33.6 Å². The first-order valence-corrected chi connectivity index (χ1v) is 9.73. The van der Waals surface area contributed by atoms with Gasteiger partial charge in [0.25, 0.3) is 0 Å². The van der Waals surface area contributed by atoms with E-state index >= 15 is 0 Å². The largest absolute Gasteiger partial charge is 0.507 e. The minimum Gasteiger partial charge on any atom is -0.507 e. The summed E-state index contributed by atoms with van der Waals surface area (Å²) in [5.41, 5.74) is 4.17. The minimum absolute atomic E-state index is 0. The summed E-state index contributed by atoms with van der Waals surface area (Å²) in [6, 6.07) is 26.3. The normalized spacial score (nSPS) is 11.9. The number of aliphatic imine (C=N–C) groups is 2. The zero-order chi connectivity index (χ0) is 21.1. The third-order valence-electron chi connectivity index (χ3n) is 5.03. The van der Waals surface area contributed by atoms with Crippen molar-refractivity contribution in [3.8, 4) is 11.5 Å². The van der Waals surface area contributed by atoms with Gasteiger partial charge in [-0.3, -0.25) is 9.98 Å². The summed E-state index contributed by atoms with van der Waals surface area (Å²) < 4.78 is 0. The van der Waals surface area contributed by atoms with Crippen LogP contribution in [0.2, 0.25) is 0 Å². The molecule has 0 saturated carbocycles. The third-order valence-corrected chi connectivity index (χ3v) is 5.03. The first-order chi connectivity index (χ1) is 14.5. The van der Waals surface area contributed by atoms with E-state index in [0.717, 1.165) is 16.5 Å². The second kappa shape index (κ2) is 9.67. The van der Waals surface area contributed by atoms with E-state index in [-0.39, 0.29) is 31.0 Å². The first-order valence-electron chi connectivity index (χ1n) is 9.73. The molecule has 0 radical (unpaired) electrons. The van der Waals surface area contributed by atoms with Crippen LogP contribution >= 0.6 is 0 Å². The number of aromatic hydroxyl groups is 2. The van der Waals surface area contributed by atoms with Crippen molar-refractivity contribution < 1.29 is 29.7 Å². The Hall–Kier alpha value is -3.30. The molecule has 2 N–H and O–H groups in total. The van der Waals surface area contributed by atoms with Crippen molar-refractivity contribution in [2.24, 2.45) is 9.98 Å². The van der Waals surface area contributed by atoms with Crippen molar-refractivity contribution in [2.75, 3.05) is 0 Å². The molecule has 0 amide bonds. The first kappa shape index (κ1) is 22.4. The molecule has 0 aliphatic rings. The van der Waals surface area contributed by atoms with Gasteiger partial charge in [0.2, 0.25) is 0 Å². The van der Waals surface area contributed by atoms with Gasteiger partial charge >= 0.3 is 0 Å². The number of phenols is 2. The van der Waals surface area contributed by atoms with E-state index in [1.54, 1.807) is 24.3 Å². The van der Waals surface area contributed by atoms with Crippen LogP contribution < -0.4 is 0 Å². The average Bonchev–Trinajstić information content (AvgIpc) is 2.75. The van der Waals surface area contributed by atoms with Gasteiger partial charge in [0.15, 0.2) is 0 Å². The summed E-state index contributed by atoms with van der Waals surface area (Å²) in [5, 5.41) is 22.4. The van der Waals surface area contributed by atoms with Crippen LogP contribution in [0.4, 0.5) is 11.4 Å². The second-order valence-corrected chi connectivity index (χ2v) is 7.08. The van der Waals surface area contributed by atoms with Crippen LogP contribution in [0.15, 0.2) is 94.9 Å². The molecule has 4 rings (SSSR count). The summed E-state index contributed by atoms with van der Waals surface area (Å²) in [4.78, 5) is 9.67. The van der Waals surface area contributed by atoms with Crippen LogP contribution in [-0.4, -0.2) is 21.6 Å². The van der Waals surface area contributed by atoms with Gasteiger partial charge in [0.05, 0.1) is 11.4 Å². The monoisotopic (exact) mass is 458 g/mol. The van der Waals surface area contributed by atoms with E-state index in [4.69, 9.17) is 9.98 Å². The molecule has 0 aromatic heterocycles.